The van der Waals surface area contributed by atoms with E-state index < -0.39 is 0 Å². The lowest BCUT2D eigenvalue weighted by atomic mass is 9.97. The molecule has 0 bridgehead atoms. The predicted octanol–water partition coefficient (Wildman–Crippen LogP) is -1.22. The van der Waals surface area contributed by atoms with Crippen molar-refractivity contribution in [2.75, 3.05) is 33.2 Å². The first kappa shape index (κ1) is 8.01. The number of likely N-dealkylation sites (N-methyl/N-ethyl adjacent to an activating group) is 1. The van der Waals surface area contributed by atoms with Gasteiger partial charge < -0.3 is 10.2 Å². The highest BCUT2D eigenvalue weighted by Crippen LogP contribution is 2.20. The summed E-state index contributed by atoms with van der Waals surface area (Å²) in [6.07, 6.45) is 1.14. The molecule has 0 aromatic carbocycles. The maximum absolute atomic E-state index is 10.9. The molecular formula is C8H15N3O. The first-order chi connectivity index (χ1) is 5.70. The second kappa shape index (κ2) is 2.71. The van der Waals surface area contributed by atoms with Crippen LogP contribution in [-0.4, -0.2) is 49.6 Å². The average molecular weight is 169 g/mol. The molecule has 2 heterocycles. The predicted molar refractivity (Wildman–Crippen MR) is 45.9 cm³/mol. The van der Waals surface area contributed by atoms with Crippen molar-refractivity contribution in [2.24, 2.45) is 0 Å². The second-order valence-electron chi connectivity index (χ2n) is 3.90. The molecule has 0 radical (unpaired) electrons. The summed E-state index contributed by atoms with van der Waals surface area (Å²) in [6.45, 7) is 3.44. The molecule has 1 atom stereocenters. The molecule has 0 aromatic heterocycles. The minimum Gasteiger partial charge on any atom is -0.353 e. The number of piperazine rings is 1. The van der Waals surface area contributed by atoms with Crippen molar-refractivity contribution in [3.8, 4) is 0 Å². The second-order valence-corrected chi connectivity index (χ2v) is 3.90. The van der Waals surface area contributed by atoms with Crippen molar-refractivity contribution in [1.29, 1.82) is 0 Å². The van der Waals surface area contributed by atoms with Gasteiger partial charge in [-0.25, -0.2) is 0 Å². The number of likely N-dealkylation sites (tertiary alicyclic amines) is 1. The molecule has 1 amide bonds. The van der Waals surface area contributed by atoms with Crippen LogP contribution in [0.4, 0.5) is 0 Å². The molecule has 12 heavy (non-hydrogen) atoms. The van der Waals surface area contributed by atoms with Crippen molar-refractivity contribution in [1.82, 2.24) is 15.5 Å². The van der Waals surface area contributed by atoms with E-state index in [0.29, 0.717) is 6.54 Å². The van der Waals surface area contributed by atoms with Crippen LogP contribution in [0.25, 0.3) is 0 Å². The van der Waals surface area contributed by atoms with Crippen LogP contribution in [0.5, 0.6) is 0 Å². The van der Waals surface area contributed by atoms with Gasteiger partial charge in [0.05, 0.1) is 12.1 Å². The van der Waals surface area contributed by atoms with Gasteiger partial charge in [0.15, 0.2) is 0 Å². The van der Waals surface area contributed by atoms with E-state index in [-0.39, 0.29) is 11.4 Å². The lowest BCUT2D eigenvalue weighted by Crippen LogP contribution is -2.62. The highest BCUT2D eigenvalue weighted by Gasteiger charge is 2.38. The van der Waals surface area contributed by atoms with Crippen LogP contribution in [-0.2, 0) is 4.79 Å². The first-order valence-corrected chi connectivity index (χ1v) is 4.41. The van der Waals surface area contributed by atoms with Gasteiger partial charge in [0.1, 0.15) is 0 Å². The summed E-state index contributed by atoms with van der Waals surface area (Å²) in [5, 5.41) is 6.23. The van der Waals surface area contributed by atoms with Crippen molar-refractivity contribution in [3.05, 3.63) is 0 Å². The van der Waals surface area contributed by atoms with Gasteiger partial charge in [0.25, 0.3) is 0 Å². The first-order valence-electron chi connectivity index (χ1n) is 4.41. The zero-order valence-electron chi connectivity index (χ0n) is 7.39. The Morgan fingerprint density at radius 2 is 2.42 bits per heavy atom. The molecular weight excluding hydrogens is 154 g/mol. The highest BCUT2D eigenvalue weighted by molar-refractivity contribution is 5.79. The molecule has 4 nitrogen and oxygen atoms in total. The Morgan fingerprint density at radius 3 is 2.92 bits per heavy atom. The molecule has 4 heteroatoms. The van der Waals surface area contributed by atoms with Crippen LogP contribution in [0.1, 0.15) is 6.42 Å². The Kier molecular flexibility index (Phi) is 1.81. The largest absolute Gasteiger partial charge is 0.353 e. The van der Waals surface area contributed by atoms with Gasteiger partial charge in [-0.15, -0.1) is 0 Å². The quantitative estimate of drug-likeness (QED) is 0.478. The Bertz CT molecular complexity index is 194. The Morgan fingerprint density at radius 1 is 1.58 bits per heavy atom. The van der Waals surface area contributed by atoms with Crippen molar-refractivity contribution >= 4 is 5.91 Å². The SMILES string of the molecule is CN1CCC2(CNC(=O)CN2)C1. The van der Waals surface area contributed by atoms with E-state index in [1.165, 1.54) is 0 Å². The average Bonchev–Trinajstić information content (AvgIpc) is 2.40. The fourth-order valence-corrected chi connectivity index (χ4v) is 2.03. The highest BCUT2D eigenvalue weighted by atomic mass is 16.2. The smallest absolute Gasteiger partial charge is 0.234 e. The molecule has 1 spiro atoms. The Labute approximate surface area is 72.3 Å². The molecule has 0 saturated carbocycles. The number of hydrogen-bond acceptors (Lipinski definition) is 3. The van der Waals surface area contributed by atoms with Crippen molar-refractivity contribution < 1.29 is 4.79 Å². The maximum atomic E-state index is 10.9. The van der Waals surface area contributed by atoms with E-state index in [2.05, 4.69) is 22.6 Å². The molecule has 2 rings (SSSR count). The third-order valence-electron chi connectivity index (χ3n) is 2.79. The van der Waals surface area contributed by atoms with Gasteiger partial charge in [0.2, 0.25) is 5.91 Å². The Hall–Kier alpha value is -0.610. The molecule has 2 saturated heterocycles. The molecule has 2 aliphatic heterocycles. The van der Waals surface area contributed by atoms with Gasteiger partial charge in [-0.05, 0) is 20.0 Å². The minimum atomic E-state index is 0.121. The van der Waals surface area contributed by atoms with Crippen molar-refractivity contribution in [2.45, 2.75) is 12.0 Å². The number of nitrogens with one attached hydrogen (secondary N) is 2. The fourth-order valence-electron chi connectivity index (χ4n) is 2.03. The number of carbonyl (C=O) groups is 1. The number of hydrogen-bond donors (Lipinski definition) is 2. The number of nitrogens with zero attached hydrogens (tertiary/aromatic N) is 1. The number of amides is 1. The van der Waals surface area contributed by atoms with Crippen LogP contribution in [0.3, 0.4) is 0 Å². The molecule has 0 aromatic rings. The summed E-state index contributed by atoms with van der Waals surface area (Å²) in [5.74, 6) is 0.121. The third kappa shape index (κ3) is 1.32. The lowest BCUT2D eigenvalue weighted by Gasteiger charge is -2.34. The summed E-state index contributed by atoms with van der Waals surface area (Å²) in [4.78, 5) is 13.2. The summed E-state index contributed by atoms with van der Waals surface area (Å²) in [5.41, 5.74) is 0.169. The molecule has 2 aliphatic rings. The normalized spacial score (nSPS) is 37.2. The number of carbonyl (C=O) groups excluding carboxylic acids is 1. The third-order valence-corrected chi connectivity index (χ3v) is 2.79. The molecule has 68 valence electrons. The van der Waals surface area contributed by atoms with Gasteiger partial charge >= 0.3 is 0 Å². The van der Waals surface area contributed by atoms with Gasteiger partial charge in [-0.1, -0.05) is 0 Å². The summed E-state index contributed by atoms with van der Waals surface area (Å²) in [6, 6.07) is 0. The van der Waals surface area contributed by atoms with Gasteiger partial charge in [-0.3, -0.25) is 10.1 Å². The number of rotatable bonds is 0. The van der Waals surface area contributed by atoms with Crippen LogP contribution in [0.15, 0.2) is 0 Å². The van der Waals surface area contributed by atoms with E-state index >= 15 is 0 Å². The molecule has 1 unspecified atom stereocenters. The van der Waals surface area contributed by atoms with E-state index in [4.69, 9.17) is 0 Å². The zero-order chi connectivity index (χ0) is 8.60. The molecule has 0 aliphatic carbocycles. The van der Waals surface area contributed by atoms with Gasteiger partial charge in [-0.2, -0.15) is 0 Å². The lowest BCUT2D eigenvalue weighted by molar-refractivity contribution is -0.122. The Balaban J connectivity index is 1.99. The van der Waals surface area contributed by atoms with E-state index in [1.54, 1.807) is 0 Å². The van der Waals surface area contributed by atoms with Crippen LogP contribution >= 0.6 is 0 Å². The molecule has 2 fully saturated rings. The van der Waals surface area contributed by atoms with Crippen LogP contribution in [0, 0.1) is 0 Å². The standard InChI is InChI=1S/C8H15N3O/c1-11-3-2-8(6-11)5-9-7(12)4-10-8/h10H,2-6H2,1H3,(H,9,12). The monoisotopic (exact) mass is 169 g/mol. The van der Waals surface area contributed by atoms with Gasteiger partial charge in [0, 0.05) is 13.1 Å². The minimum absolute atomic E-state index is 0.121. The van der Waals surface area contributed by atoms with E-state index in [9.17, 15) is 4.79 Å². The molecule has 2 N–H and O–H groups in total. The van der Waals surface area contributed by atoms with E-state index in [0.717, 1.165) is 26.1 Å². The zero-order valence-corrected chi connectivity index (χ0v) is 7.39. The maximum Gasteiger partial charge on any atom is 0.234 e. The summed E-state index contributed by atoms with van der Waals surface area (Å²) < 4.78 is 0. The fraction of sp³-hybridized carbons (Fsp3) is 0.875. The van der Waals surface area contributed by atoms with Crippen LogP contribution in [0.2, 0.25) is 0 Å². The van der Waals surface area contributed by atoms with Crippen LogP contribution < -0.4 is 10.6 Å². The summed E-state index contributed by atoms with van der Waals surface area (Å²) >= 11 is 0. The summed E-state index contributed by atoms with van der Waals surface area (Å²) in [7, 11) is 2.12. The topological polar surface area (TPSA) is 44.4 Å². The van der Waals surface area contributed by atoms with Crippen molar-refractivity contribution in [3.63, 3.8) is 0 Å². The van der Waals surface area contributed by atoms with E-state index in [1.807, 2.05) is 0 Å².